The van der Waals surface area contributed by atoms with E-state index in [1.807, 2.05) is 0 Å². The third-order valence-electron chi connectivity index (χ3n) is 5.96. The van der Waals surface area contributed by atoms with E-state index in [1.165, 1.54) is 23.1 Å². The number of rotatable bonds is 7. The molecule has 0 radical (unpaired) electrons. The van der Waals surface area contributed by atoms with Crippen LogP contribution in [0.25, 0.3) is 0 Å². The fraction of sp³-hybridized carbons (Fsp3) is 0.500. The maximum atomic E-state index is 6.11. The minimum absolute atomic E-state index is 0.258. The van der Waals surface area contributed by atoms with Gasteiger partial charge in [-0.25, -0.2) is 0 Å². The molecular formula is C24H34NO+. The third-order valence-corrected chi connectivity index (χ3v) is 5.96. The molecule has 2 atom stereocenters. The van der Waals surface area contributed by atoms with Crippen LogP contribution in [0.15, 0.2) is 54.6 Å². The molecule has 1 fully saturated rings. The fourth-order valence-corrected chi connectivity index (χ4v) is 4.18. The topological polar surface area (TPSA) is 25.8 Å². The Labute approximate surface area is 159 Å². The molecule has 0 amide bonds. The van der Waals surface area contributed by atoms with Crippen LogP contribution in [-0.4, -0.2) is 19.3 Å². The van der Waals surface area contributed by atoms with E-state index in [2.05, 4.69) is 80.7 Å². The first-order valence-electron chi connectivity index (χ1n) is 10.1. The van der Waals surface area contributed by atoms with Crippen molar-refractivity contribution < 1.29 is 10.1 Å². The fourth-order valence-electron chi connectivity index (χ4n) is 4.18. The summed E-state index contributed by atoms with van der Waals surface area (Å²) in [6.07, 6.45) is 3.88. The second kappa shape index (κ2) is 8.83. The van der Waals surface area contributed by atoms with E-state index in [0.29, 0.717) is 12.0 Å². The highest BCUT2D eigenvalue weighted by molar-refractivity contribution is 5.29. The maximum absolute atomic E-state index is 6.11. The summed E-state index contributed by atoms with van der Waals surface area (Å²) in [6, 6.07) is 20.0. The highest BCUT2D eigenvalue weighted by atomic mass is 16.5. The lowest BCUT2D eigenvalue weighted by atomic mass is 9.68. The number of quaternary nitrogens is 1. The molecule has 0 spiro atoms. The highest BCUT2D eigenvalue weighted by Gasteiger charge is 2.39. The second-order valence-electron chi connectivity index (χ2n) is 8.27. The van der Waals surface area contributed by atoms with Crippen LogP contribution in [0.1, 0.15) is 49.8 Å². The number of nitrogens with two attached hydrogens (primary N) is 1. The predicted molar refractivity (Wildman–Crippen MR) is 108 cm³/mol. The van der Waals surface area contributed by atoms with Crippen LogP contribution in [0.4, 0.5) is 0 Å². The lowest BCUT2D eigenvalue weighted by molar-refractivity contribution is -0.671. The summed E-state index contributed by atoms with van der Waals surface area (Å²) in [5.74, 6) is 0.577. The Morgan fingerprint density at radius 3 is 2.50 bits per heavy atom. The first kappa shape index (κ1) is 19.1. The van der Waals surface area contributed by atoms with Crippen LogP contribution in [-0.2, 0) is 16.7 Å². The van der Waals surface area contributed by atoms with E-state index in [0.717, 1.165) is 32.5 Å². The molecular weight excluding hydrogens is 318 g/mol. The zero-order valence-electron chi connectivity index (χ0n) is 16.6. The van der Waals surface area contributed by atoms with E-state index < -0.39 is 0 Å². The van der Waals surface area contributed by atoms with Gasteiger partial charge in [0.05, 0.1) is 12.6 Å². The molecule has 0 bridgehead atoms. The van der Waals surface area contributed by atoms with Gasteiger partial charge in [0, 0.05) is 24.0 Å². The summed E-state index contributed by atoms with van der Waals surface area (Å²) in [7, 11) is 0. The summed E-state index contributed by atoms with van der Waals surface area (Å²) in [5, 5.41) is 2.46. The van der Waals surface area contributed by atoms with Crippen molar-refractivity contribution in [1.29, 1.82) is 0 Å². The number of hydrogen-bond donors (Lipinski definition) is 1. The molecule has 2 nitrogen and oxygen atoms in total. The van der Waals surface area contributed by atoms with Gasteiger partial charge in [-0.2, -0.15) is 0 Å². The average Bonchev–Trinajstić information content (AvgIpc) is 2.67. The zero-order valence-corrected chi connectivity index (χ0v) is 16.6. The van der Waals surface area contributed by atoms with Gasteiger partial charge in [-0.05, 0) is 31.2 Å². The summed E-state index contributed by atoms with van der Waals surface area (Å²) in [6.45, 7) is 9.86. The van der Waals surface area contributed by atoms with E-state index in [1.54, 1.807) is 0 Å². The summed E-state index contributed by atoms with van der Waals surface area (Å²) in [5.41, 5.74) is 4.51. The Bertz CT molecular complexity index is 664. The van der Waals surface area contributed by atoms with E-state index in [-0.39, 0.29) is 5.41 Å². The van der Waals surface area contributed by atoms with E-state index in [4.69, 9.17) is 4.74 Å². The van der Waals surface area contributed by atoms with Gasteiger partial charge in [0.1, 0.15) is 6.54 Å². The van der Waals surface area contributed by atoms with Crippen molar-refractivity contribution >= 4 is 0 Å². The molecule has 0 unspecified atom stereocenters. The molecule has 0 aliphatic carbocycles. The Kier molecular flexibility index (Phi) is 6.50. The Morgan fingerprint density at radius 1 is 1.08 bits per heavy atom. The summed E-state index contributed by atoms with van der Waals surface area (Å²) < 4.78 is 6.11. The normalized spacial score (nSPS) is 23.3. The average molecular weight is 353 g/mol. The van der Waals surface area contributed by atoms with Gasteiger partial charge in [-0.1, -0.05) is 74.0 Å². The quantitative estimate of drug-likeness (QED) is 0.742. The molecule has 1 aliphatic rings. The van der Waals surface area contributed by atoms with Gasteiger partial charge in [0.2, 0.25) is 0 Å². The standard InChI is InChI=1S/C24H33NO/c1-19(2)23-17-24(14-16-26-23,22-11-9-20(3)10-12-22)13-15-25-18-21-7-5-4-6-8-21/h4-12,19,23,25H,13-18H2,1-3H3/p+1/t23-,24+/m0/s1. The van der Waals surface area contributed by atoms with E-state index in [9.17, 15) is 0 Å². The van der Waals surface area contributed by atoms with Crippen molar-refractivity contribution in [3.63, 3.8) is 0 Å². The molecule has 1 saturated heterocycles. The van der Waals surface area contributed by atoms with Crippen molar-refractivity contribution in [3.8, 4) is 0 Å². The molecule has 3 rings (SSSR count). The highest BCUT2D eigenvalue weighted by Crippen LogP contribution is 2.41. The molecule has 0 saturated carbocycles. The molecule has 0 aromatic heterocycles. The molecule has 26 heavy (non-hydrogen) atoms. The van der Waals surface area contributed by atoms with Crippen molar-refractivity contribution in [2.24, 2.45) is 5.92 Å². The smallest absolute Gasteiger partial charge is 0.101 e. The van der Waals surface area contributed by atoms with Gasteiger partial charge >= 0.3 is 0 Å². The lowest BCUT2D eigenvalue weighted by Crippen LogP contribution is -2.83. The molecule has 2 aromatic carbocycles. The van der Waals surface area contributed by atoms with Crippen molar-refractivity contribution in [2.75, 3.05) is 13.2 Å². The molecule has 2 N–H and O–H groups in total. The van der Waals surface area contributed by atoms with E-state index >= 15 is 0 Å². The number of ether oxygens (including phenoxy) is 1. The Balaban J connectivity index is 1.69. The first-order chi connectivity index (χ1) is 12.6. The number of benzene rings is 2. The van der Waals surface area contributed by atoms with Crippen LogP contribution in [0, 0.1) is 12.8 Å². The summed E-state index contributed by atoms with van der Waals surface area (Å²) >= 11 is 0. The number of hydrogen-bond acceptors (Lipinski definition) is 1. The number of aryl methyl sites for hydroxylation is 1. The Hall–Kier alpha value is -1.64. The van der Waals surface area contributed by atoms with Crippen LogP contribution in [0.3, 0.4) is 0 Å². The van der Waals surface area contributed by atoms with Crippen molar-refractivity contribution in [3.05, 3.63) is 71.3 Å². The lowest BCUT2D eigenvalue weighted by Gasteiger charge is -2.42. The maximum Gasteiger partial charge on any atom is 0.101 e. The van der Waals surface area contributed by atoms with Crippen molar-refractivity contribution in [1.82, 2.24) is 0 Å². The molecule has 2 heteroatoms. The molecule has 2 aromatic rings. The van der Waals surface area contributed by atoms with Crippen molar-refractivity contribution in [2.45, 2.75) is 58.1 Å². The third kappa shape index (κ3) is 4.75. The monoisotopic (exact) mass is 352 g/mol. The molecule has 1 heterocycles. The van der Waals surface area contributed by atoms with Crippen LogP contribution >= 0.6 is 0 Å². The SMILES string of the molecule is Cc1ccc([C@]2(CC[NH2+]Cc3ccccc3)CCO[C@H](C(C)C)C2)cc1. The Morgan fingerprint density at radius 2 is 1.81 bits per heavy atom. The zero-order chi connectivity index (χ0) is 18.4. The van der Waals surface area contributed by atoms with Crippen LogP contribution < -0.4 is 5.32 Å². The summed E-state index contributed by atoms with van der Waals surface area (Å²) in [4.78, 5) is 0. The largest absolute Gasteiger partial charge is 0.378 e. The minimum atomic E-state index is 0.258. The molecule has 140 valence electrons. The second-order valence-corrected chi connectivity index (χ2v) is 8.27. The van der Waals surface area contributed by atoms with Crippen LogP contribution in [0.2, 0.25) is 0 Å². The van der Waals surface area contributed by atoms with Gasteiger partial charge in [0.25, 0.3) is 0 Å². The van der Waals surface area contributed by atoms with Gasteiger partial charge in [-0.3, -0.25) is 0 Å². The first-order valence-corrected chi connectivity index (χ1v) is 10.1. The minimum Gasteiger partial charge on any atom is -0.378 e. The predicted octanol–water partition coefficient (Wildman–Crippen LogP) is 4.22. The van der Waals surface area contributed by atoms with Gasteiger partial charge in [0.15, 0.2) is 0 Å². The molecule has 1 aliphatic heterocycles. The van der Waals surface area contributed by atoms with Gasteiger partial charge in [-0.15, -0.1) is 0 Å². The van der Waals surface area contributed by atoms with Crippen LogP contribution in [0.5, 0.6) is 0 Å². The van der Waals surface area contributed by atoms with Gasteiger partial charge < -0.3 is 10.1 Å².